The molecule has 2 aromatic carbocycles. The van der Waals surface area contributed by atoms with Crippen molar-refractivity contribution in [3.8, 4) is 17.1 Å². The van der Waals surface area contributed by atoms with E-state index in [0.717, 1.165) is 5.56 Å². The molecule has 4 aromatic rings. The number of rotatable bonds is 7. The first-order valence-corrected chi connectivity index (χ1v) is 9.92. The van der Waals surface area contributed by atoms with E-state index in [-0.39, 0.29) is 11.7 Å². The summed E-state index contributed by atoms with van der Waals surface area (Å²) in [6, 6.07) is 13.1. The predicted octanol–water partition coefficient (Wildman–Crippen LogP) is 4.02. The van der Waals surface area contributed by atoms with Gasteiger partial charge < -0.3 is 14.8 Å². The van der Waals surface area contributed by atoms with Gasteiger partial charge in [-0.15, -0.1) is 0 Å². The van der Waals surface area contributed by atoms with Crippen molar-refractivity contribution < 1.29 is 18.7 Å². The first-order valence-electron chi connectivity index (χ1n) is 9.92. The van der Waals surface area contributed by atoms with Crippen LogP contribution in [-0.4, -0.2) is 39.6 Å². The number of benzene rings is 2. The maximum atomic E-state index is 13.1. The first-order chi connectivity index (χ1) is 15.6. The molecular weight excluding hydrogens is 413 g/mol. The molecule has 0 saturated carbocycles. The van der Waals surface area contributed by atoms with E-state index in [0.29, 0.717) is 47.1 Å². The number of ether oxygens (including phenoxy) is 2. The van der Waals surface area contributed by atoms with Gasteiger partial charge in [0.25, 0.3) is 0 Å². The smallest absolute Gasteiger partial charge is 0.337 e. The zero-order chi connectivity index (χ0) is 22.5. The molecule has 0 aliphatic heterocycles. The summed E-state index contributed by atoms with van der Waals surface area (Å²) >= 11 is 0. The Morgan fingerprint density at radius 2 is 1.91 bits per heavy atom. The van der Waals surface area contributed by atoms with Crippen molar-refractivity contribution in [3.05, 3.63) is 71.7 Å². The van der Waals surface area contributed by atoms with Gasteiger partial charge >= 0.3 is 5.97 Å². The Morgan fingerprint density at radius 1 is 1.09 bits per heavy atom. The highest BCUT2D eigenvalue weighted by Crippen LogP contribution is 2.25. The molecule has 0 saturated heterocycles. The number of aromatic nitrogens is 4. The first kappa shape index (κ1) is 21.1. The van der Waals surface area contributed by atoms with Gasteiger partial charge in [0.2, 0.25) is 11.8 Å². The molecule has 1 N–H and O–H groups in total. The number of nitrogens with zero attached hydrogens (tertiary/aromatic N) is 4. The lowest BCUT2D eigenvalue weighted by Crippen LogP contribution is -2.07. The molecule has 0 aliphatic rings. The molecule has 0 amide bonds. The van der Waals surface area contributed by atoms with Gasteiger partial charge in [0, 0.05) is 12.1 Å². The van der Waals surface area contributed by atoms with E-state index in [9.17, 15) is 9.18 Å². The van der Waals surface area contributed by atoms with E-state index >= 15 is 0 Å². The second kappa shape index (κ2) is 9.34. The molecule has 0 unspecified atom stereocenters. The summed E-state index contributed by atoms with van der Waals surface area (Å²) in [5.41, 5.74) is 3.29. The zero-order valence-corrected chi connectivity index (χ0v) is 17.5. The minimum absolute atomic E-state index is 0.289. The van der Waals surface area contributed by atoms with Gasteiger partial charge in [0.05, 0.1) is 31.2 Å². The minimum atomic E-state index is -0.434. The lowest BCUT2D eigenvalue weighted by Gasteiger charge is -2.11. The molecule has 9 heteroatoms. The van der Waals surface area contributed by atoms with E-state index in [2.05, 4.69) is 25.3 Å². The summed E-state index contributed by atoms with van der Waals surface area (Å²) in [6.45, 7) is 2.63. The van der Waals surface area contributed by atoms with Crippen LogP contribution in [-0.2, 0) is 11.3 Å². The van der Waals surface area contributed by atoms with Gasteiger partial charge in [-0.1, -0.05) is 24.3 Å². The minimum Gasteiger partial charge on any atom is -0.476 e. The van der Waals surface area contributed by atoms with Crippen molar-refractivity contribution >= 4 is 23.1 Å². The maximum Gasteiger partial charge on any atom is 0.337 e. The Balaban J connectivity index is 1.67. The summed E-state index contributed by atoms with van der Waals surface area (Å²) in [6.07, 6.45) is 1.57. The van der Waals surface area contributed by atoms with Crippen LogP contribution in [0.25, 0.3) is 22.4 Å². The topological polar surface area (TPSA) is 99.1 Å². The van der Waals surface area contributed by atoms with E-state index in [4.69, 9.17) is 9.47 Å². The van der Waals surface area contributed by atoms with Gasteiger partial charge in [0.15, 0.2) is 11.2 Å². The molecule has 32 heavy (non-hydrogen) atoms. The zero-order valence-electron chi connectivity index (χ0n) is 17.5. The standard InChI is InChI=1S/C23H20FN5O3/c1-3-32-21-19-20(28-23(29-21)26-12-14-7-9-17(24)10-8-14)25-13-18(27-19)15-5-4-6-16(11-15)22(30)31-2/h4-11,13H,3,12H2,1-2H3,(H,25,26,28,29). The van der Waals surface area contributed by atoms with Gasteiger partial charge in [-0.3, -0.25) is 0 Å². The number of esters is 1. The Bertz CT molecular complexity index is 1260. The van der Waals surface area contributed by atoms with Gasteiger partial charge in [-0.05, 0) is 36.8 Å². The number of methoxy groups -OCH3 is 1. The largest absolute Gasteiger partial charge is 0.476 e. The maximum absolute atomic E-state index is 13.1. The van der Waals surface area contributed by atoms with Crippen molar-refractivity contribution in [2.75, 3.05) is 19.0 Å². The molecule has 8 nitrogen and oxygen atoms in total. The molecule has 0 atom stereocenters. The predicted molar refractivity (Wildman–Crippen MR) is 117 cm³/mol. The van der Waals surface area contributed by atoms with Crippen LogP contribution in [0.2, 0.25) is 0 Å². The summed E-state index contributed by atoms with van der Waals surface area (Å²) in [7, 11) is 1.33. The van der Waals surface area contributed by atoms with Crippen molar-refractivity contribution in [3.63, 3.8) is 0 Å². The van der Waals surface area contributed by atoms with Crippen LogP contribution in [0.1, 0.15) is 22.8 Å². The number of hydrogen-bond acceptors (Lipinski definition) is 8. The normalized spacial score (nSPS) is 10.7. The highest BCUT2D eigenvalue weighted by molar-refractivity contribution is 5.91. The van der Waals surface area contributed by atoms with E-state index in [1.165, 1.54) is 19.2 Å². The highest BCUT2D eigenvalue weighted by atomic mass is 19.1. The van der Waals surface area contributed by atoms with E-state index in [1.54, 1.807) is 36.5 Å². The fourth-order valence-electron chi connectivity index (χ4n) is 3.04. The second-order valence-corrected chi connectivity index (χ2v) is 6.77. The fourth-order valence-corrected chi connectivity index (χ4v) is 3.04. The number of halogens is 1. The molecular formula is C23H20FN5O3. The lowest BCUT2D eigenvalue weighted by molar-refractivity contribution is 0.0601. The SMILES string of the molecule is CCOc1nc(NCc2ccc(F)cc2)nc2ncc(-c3cccc(C(=O)OC)c3)nc12. The van der Waals surface area contributed by atoms with Crippen molar-refractivity contribution in [1.29, 1.82) is 0 Å². The van der Waals surface area contributed by atoms with Gasteiger partial charge in [0.1, 0.15) is 5.82 Å². The number of nitrogens with one attached hydrogen (secondary N) is 1. The third-order valence-corrected chi connectivity index (χ3v) is 4.60. The molecule has 2 aromatic heterocycles. The molecule has 0 spiro atoms. The number of anilines is 1. The van der Waals surface area contributed by atoms with E-state index in [1.807, 2.05) is 13.0 Å². The van der Waals surface area contributed by atoms with Crippen LogP contribution in [0.5, 0.6) is 5.88 Å². The molecule has 0 radical (unpaired) electrons. The highest BCUT2D eigenvalue weighted by Gasteiger charge is 2.14. The van der Waals surface area contributed by atoms with Crippen LogP contribution >= 0.6 is 0 Å². The van der Waals surface area contributed by atoms with E-state index < -0.39 is 5.97 Å². The van der Waals surface area contributed by atoms with Crippen LogP contribution < -0.4 is 10.1 Å². The average Bonchev–Trinajstić information content (AvgIpc) is 2.83. The van der Waals surface area contributed by atoms with Crippen LogP contribution in [0.3, 0.4) is 0 Å². The van der Waals surface area contributed by atoms with Crippen LogP contribution in [0, 0.1) is 5.82 Å². The van der Waals surface area contributed by atoms with Crippen molar-refractivity contribution in [2.45, 2.75) is 13.5 Å². The monoisotopic (exact) mass is 433 g/mol. The Kier molecular flexibility index (Phi) is 6.16. The van der Waals surface area contributed by atoms with Crippen LogP contribution in [0.15, 0.2) is 54.7 Å². The second-order valence-electron chi connectivity index (χ2n) is 6.77. The number of carbonyl (C=O) groups is 1. The third-order valence-electron chi connectivity index (χ3n) is 4.60. The number of hydrogen-bond donors (Lipinski definition) is 1. The average molecular weight is 433 g/mol. The molecule has 4 rings (SSSR count). The Hall–Kier alpha value is -4.14. The van der Waals surface area contributed by atoms with Gasteiger partial charge in [-0.25, -0.2) is 19.2 Å². The Morgan fingerprint density at radius 3 is 2.66 bits per heavy atom. The van der Waals surface area contributed by atoms with Gasteiger partial charge in [-0.2, -0.15) is 9.97 Å². The summed E-state index contributed by atoms with van der Waals surface area (Å²) in [4.78, 5) is 29.7. The molecule has 162 valence electrons. The molecule has 0 aliphatic carbocycles. The molecule has 0 bridgehead atoms. The van der Waals surface area contributed by atoms with Crippen molar-refractivity contribution in [2.24, 2.45) is 0 Å². The quantitative estimate of drug-likeness (QED) is 0.436. The summed E-state index contributed by atoms with van der Waals surface area (Å²) in [5.74, 6) is -0.120. The van der Waals surface area contributed by atoms with Crippen molar-refractivity contribution in [1.82, 2.24) is 19.9 Å². The Labute approximate surface area is 183 Å². The molecule has 2 heterocycles. The van der Waals surface area contributed by atoms with Crippen LogP contribution in [0.4, 0.5) is 10.3 Å². The number of carbonyl (C=O) groups excluding carboxylic acids is 1. The number of fused-ring (bicyclic) bond motifs is 1. The third kappa shape index (κ3) is 4.61. The molecule has 0 fully saturated rings. The summed E-state index contributed by atoms with van der Waals surface area (Å²) < 4.78 is 23.6. The summed E-state index contributed by atoms with van der Waals surface area (Å²) in [5, 5.41) is 3.10. The lowest BCUT2D eigenvalue weighted by atomic mass is 10.1. The fraction of sp³-hybridized carbons (Fsp3) is 0.174.